The second-order valence-electron chi connectivity index (χ2n) is 18.3. The lowest BCUT2D eigenvalue weighted by Gasteiger charge is -2.49. The number of fused-ring (bicyclic) bond motifs is 3. The van der Waals surface area contributed by atoms with Crippen LogP contribution in [0.1, 0.15) is 122 Å². The van der Waals surface area contributed by atoms with Crippen molar-refractivity contribution in [2.24, 2.45) is 11.8 Å². The van der Waals surface area contributed by atoms with Gasteiger partial charge < -0.3 is 0 Å². The molecule has 0 heteroatoms. The normalized spacial score (nSPS) is 17.8. The highest BCUT2D eigenvalue weighted by Crippen LogP contribution is 2.59. The summed E-state index contributed by atoms with van der Waals surface area (Å²) in [6, 6.07) is 30.2. The summed E-state index contributed by atoms with van der Waals surface area (Å²) in [5.74, 6) is 0.422. The van der Waals surface area contributed by atoms with Crippen LogP contribution < -0.4 is 0 Å². The molecule has 0 radical (unpaired) electrons. The van der Waals surface area contributed by atoms with Crippen molar-refractivity contribution in [2.45, 2.75) is 117 Å². The summed E-state index contributed by atoms with van der Waals surface area (Å²) in [6.45, 7) is 24.1. The summed E-state index contributed by atoms with van der Waals surface area (Å²) in [6.07, 6.45) is 24.7. The van der Waals surface area contributed by atoms with Crippen molar-refractivity contribution in [3.63, 3.8) is 0 Å². The van der Waals surface area contributed by atoms with Gasteiger partial charge in [0.15, 0.2) is 0 Å². The van der Waals surface area contributed by atoms with Crippen molar-refractivity contribution < 1.29 is 0 Å². The first-order chi connectivity index (χ1) is 25.9. The van der Waals surface area contributed by atoms with E-state index in [-0.39, 0.29) is 28.1 Å². The molecule has 4 aromatic rings. The average Bonchev–Trinajstić information content (AvgIpc) is 3.83. The zero-order valence-electron chi connectivity index (χ0n) is 34.4. The molecule has 0 N–H and O–H groups in total. The van der Waals surface area contributed by atoms with Crippen LogP contribution in [-0.4, -0.2) is 0 Å². The van der Waals surface area contributed by atoms with Gasteiger partial charge in [0.05, 0.1) is 0 Å². The molecular formula is C54H62. The Kier molecular flexibility index (Phi) is 10.5. The summed E-state index contributed by atoms with van der Waals surface area (Å²) >= 11 is 0. The maximum Gasteiger partial charge on any atom is 0.0163 e. The molecule has 2 atom stereocenters. The first kappa shape index (κ1) is 37.9. The smallest absolute Gasteiger partial charge is 0.0163 e. The maximum atomic E-state index is 5.02. The largest absolute Gasteiger partial charge is 0.0949 e. The van der Waals surface area contributed by atoms with E-state index in [1.165, 1.54) is 79.6 Å². The lowest BCUT2D eigenvalue weighted by atomic mass is 9.54. The zero-order valence-corrected chi connectivity index (χ0v) is 34.4. The number of hydrogen-bond donors (Lipinski definition) is 0. The van der Waals surface area contributed by atoms with Crippen LogP contribution in [0.25, 0.3) is 33.4 Å². The molecule has 0 aromatic heterocycles. The second kappa shape index (κ2) is 15.0. The summed E-state index contributed by atoms with van der Waals surface area (Å²) in [4.78, 5) is 0. The van der Waals surface area contributed by atoms with Crippen LogP contribution in [0.3, 0.4) is 0 Å². The first-order valence-corrected chi connectivity index (χ1v) is 20.8. The number of unbranched alkanes of at least 4 members (excludes halogenated alkanes) is 2. The topological polar surface area (TPSA) is 0 Å². The third kappa shape index (κ3) is 6.76. The Balaban J connectivity index is 1.62. The third-order valence-corrected chi connectivity index (χ3v) is 12.6. The predicted octanol–water partition coefficient (Wildman–Crippen LogP) is 15.2. The van der Waals surface area contributed by atoms with Crippen LogP contribution >= 0.6 is 0 Å². The molecule has 0 amide bonds. The van der Waals surface area contributed by atoms with Crippen LogP contribution in [0.15, 0.2) is 139 Å². The molecule has 0 aliphatic heterocycles. The minimum absolute atomic E-state index is 0.0151. The molecule has 4 aromatic carbocycles. The van der Waals surface area contributed by atoms with Crippen LogP contribution in [0.5, 0.6) is 0 Å². The van der Waals surface area contributed by atoms with Gasteiger partial charge >= 0.3 is 0 Å². The van der Waals surface area contributed by atoms with Crippen molar-refractivity contribution in [3.8, 4) is 33.4 Å². The minimum Gasteiger partial charge on any atom is -0.0949 e. The van der Waals surface area contributed by atoms with Gasteiger partial charge in [-0.15, -0.1) is 0 Å². The van der Waals surface area contributed by atoms with Gasteiger partial charge in [-0.3, -0.25) is 0 Å². The molecule has 0 saturated carbocycles. The molecule has 54 heavy (non-hydrogen) atoms. The number of rotatable bonds is 11. The number of benzene rings is 4. The van der Waals surface area contributed by atoms with E-state index in [4.69, 9.17) is 6.58 Å². The molecular weight excluding hydrogens is 649 g/mol. The molecule has 278 valence electrons. The van der Waals surface area contributed by atoms with E-state index in [2.05, 4.69) is 177 Å². The van der Waals surface area contributed by atoms with Gasteiger partial charge in [0, 0.05) is 17.3 Å². The van der Waals surface area contributed by atoms with Gasteiger partial charge in [-0.2, -0.15) is 0 Å². The molecule has 3 aliphatic rings. The van der Waals surface area contributed by atoms with Gasteiger partial charge in [0.2, 0.25) is 0 Å². The van der Waals surface area contributed by atoms with Crippen molar-refractivity contribution in [1.82, 2.24) is 0 Å². The lowest BCUT2D eigenvalue weighted by Crippen LogP contribution is -2.43. The minimum atomic E-state index is -0.230. The fourth-order valence-corrected chi connectivity index (χ4v) is 9.89. The van der Waals surface area contributed by atoms with E-state index in [9.17, 15) is 0 Å². The lowest BCUT2D eigenvalue weighted by molar-refractivity contribution is 0.267. The van der Waals surface area contributed by atoms with Gasteiger partial charge in [-0.05, 0) is 127 Å². The van der Waals surface area contributed by atoms with Crippen molar-refractivity contribution in [2.75, 3.05) is 0 Å². The van der Waals surface area contributed by atoms with Crippen LogP contribution in [-0.2, 0) is 22.7 Å². The third-order valence-electron chi connectivity index (χ3n) is 12.6. The van der Waals surface area contributed by atoms with Gasteiger partial charge in [0.1, 0.15) is 0 Å². The molecule has 2 unspecified atom stereocenters. The SMILES string of the molecule is C=C1C(CCCC)=CC=CC1C(CCCC)(c1c2c(cc(C(C)(C)C)c1-c1ccccc1)-c1cc(C(C)(C)C)c(-c3ccccc3)cc1C2)C1C=CC=C1. The Bertz CT molecular complexity index is 2120. The van der Waals surface area contributed by atoms with Crippen LogP contribution in [0.4, 0.5) is 0 Å². The van der Waals surface area contributed by atoms with Crippen molar-refractivity contribution >= 4 is 0 Å². The molecule has 0 fully saturated rings. The molecule has 3 aliphatic carbocycles. The monoisotopic (exact) mass is 710 g/mol. The highest BCUT2D eigenvalue weighted by molar-refractivity contribution is 5.89. The number of allylic oxidation sites excluding steroid dienone is 9. The van der Waals surface area contributed by atoms with E-state index in [1.54, 1.807) is 5.56 Å². The Hall–Kier alpha value is -4.42. The Morgan fingerprint density at radius 1 is 0.648 bits per heavy atom. The molecule has 0 bridgehead atoms. The fraction of sp³-hybridized carbons (Fsp3) is 0.370. The highest BCUT2D eigenvalue weighted by Gasteiger charge is 2.50. The Morgan fingerprint density at radius 2 is 1.26 bits per heavy atom. The Morgan fingerprint density at radius 3 is 1.87 bits per heavy atom. The molecule has 0 heterocycles. The van der Waals surface area contributed by atoms with E-state index >= 15 is 0 Å². The van der Waals surface area contributed by atoms with Crippen molar-refractivity contribution in [1.29, 1.82) is 0 Å². The molecule has 0 spiro atoms. The highest BCUT2D eigenvalue weighted by atomic mass is 14.5. The standard InChI is InChI=1S/C54H62/c1-10-12-23-38-28-22-31-47(37(38)3)54(32-13-11-2,42-29-20-21-30-42)51-46-34-41-33-44(39-24-16-14-17-25-39)48(52(4,5)6)35-43(41)45(46)36-49(53(7,8)9)50(51)40-26-18-15-19-27-40/h14-22,24-31,33,35-36,42,47H,3,10-13,23,32,34H2,1-2,4-9H3. The summed E-state index contributed by atoms with van der Waals surface area (Å²) < 4.78 is 0. The summed E-state index contributed by atoms with van der Waals surface area (Å²) in [5, 5.41) is 0. The Labute approximate surface area is 327 Å². The molecule has 0 nitrogen and oxygen atoms in total. The van der Waals surface area contributed by atoms with Crippen molar-refractivity contribution in [3.05, 3.63) is 167 Å². The fourth-order valence-electron chi connectivity index (χ4n) is 9.89. The molecule has 7 rings (SSSR count). The quantitative estimate of drug-likeness (QED) is 0.128. The van der Waals surface area contributed by atoms with E-state index in [0.717, 1.165) is 32.1 Å². The number of hydrogen-bond acceptors (Lipinski definition) is 0. The average molecular weight is 711 g/mol. The van der Waals surface area contributed by atoms with Gasteiger partial charge in [-0.25, -0.2) is 0 Å². The van der Waals surface area contributed by atoms with Crippen LogP contribution in [0.2, 0.25) is 0 Å². The predicted molar refractivity (Wildman–Crippen MR) is 235 cm³/mol. The van der Waals surface area contributed by atoms with Crippen LogP contribution in [0, 0.1) is 11.8 Å². The second-order valence-corrected chi connectivity index (χ2v) is 18.3. The molecule has 0 saturated heterocycles. The first-order valence-electron chi connectivity index (χ1n) is 20.8. The van der Waals surface area contributed by atoms with Gasteiger partial charge in [-0.1, -0.05) is 184 Å². The summed E-state index contributed by atoms with van der Waals surface area (Å²) in [7, 11) is 0. The van der Waals surface area contributed by atoms with E-state index < -0.39 is 0 Å². The van der Waals surface area contributed by atoms with E-state index in [0.29, 0.717) is 0 Å². The van der Waals surface area contributed by atoms with Gasteiger partial charge in [0.25, 0.3) is 0 Å². The van der Waals surface area contributed by atoms with E-state index in [1.807, 2.05) is 0 Å². The zero-order chi connectivity index (χ0) is 38.3. The summed E-state index contributed by atoms with van der Waals surface area (Å²) in [5.41, 5.74) is 18.1. The maximum absolute atomic E-state index is 5.02.